The van der Waals surface area contributed by atoms with Crippen LogP contribution >= 0.6 is 11.8 Å². The highest BCUT2D eigenvalue weighted by atomic mass is 32.2. The number of nitrogens with one attached hydrogen (secondary N) is 1. The summed E-state index contributed by atoms with van der Waals surface area (Å²) in [6.07, 6.45) is 2.51. The van der Waals surface area contributed by atoms with Gasteiger partial charge in [-0.2, -0.15) is 0 Å². The average molecular weight is 369 g/mol. The van der Waals surface area contributed by atoms with Crippen molar-refractivity contribution in [3.63, 3.8) is 0 Å². The van der Waals surface area contributed by atoms with Crippen LogP contribution < -0.4 is 5.32 Å². The van der Waals surface area contributed by atoms with Crippen LogP contribution in [0.25, 0.3) is 0 Å². The van der Waals surface area contributed by atoms with Gasteiger partial charge in [-0.25, -0.2) is 0 Å². The van der Waals surface area contributed by atoms with Crippen LogP contribution in [0.5, 0.6) is 0 Å². The van der Waals surface area contributed by atoms with E-state index in [2.05, 4.69) is 5.32 Å². The summed E-state index contributed by atoms with van der Waals surface area (Å²) in [6, 6.07) is 15.6. The van der Waals surface area contributed by atoms with E-state index < -0.39 is 0 Å². The van der Waals surface area contributed by atoms with Crippen molar-refractivity contribution in [3.8, 4) is 0 Å². The molecule has 1 saturated heterocycles. The molecular formula is C21H24N2O2S. The summed E-state index contributed by atoms with van der Waals surface area (Å²) in [5.74, 6) is 0.662. The molecule has 0 spiro atoms. The van der Waals surface area contributed by atoms with Crippen molar-refractivity contribution in [1.82, 2.24) is 4.90 Å². The summed E-state index contributed by atoms with van der Waals surface area (Å²) in [4.78, 5) is 28.2. The van der Waals surface area contributed by atoms with E-state index in [1.807, 2.05) is 60.4 Å². The van der Waals surface area contributed by atoms with Crippen molar-refractivity contribution in [2.24, 2.45) is 0 Å². The lowest BCUT2D eigenvalue weighted by Gasteiger charge is -2.19. The summed E-state index contributed by atoms with van der Waals surface area (Å²) >= 11 is 1.66. The summed E-state index contributed by atoms with van der Waals surface area (Å²) in [7, 11) is 0. The second-order valence-corrected chi connectivity index (χ2v) is 7.62. The molecule has 0 unspecified atom stereocenters. The molecule has 2 amide bonds. The average Bonchev–Trinajstić information content (AvgIpc) is 3.18. The third-order valence-corrected chi connectivity index (χ3v) is 5.52. The van der Waals surface area contributed by atoms with Crippen molar-refractivity contribution >= 4 is 29.3 Å². The zero-order chi connectivity index (χ0) is 18.4. The normalized spacial score (nSPS) is 13.7. The Morgan fingerprint density at radius 1 is 1.04 bits per heavy atom. The first-order valence-electron chi connectivity index (χ1n) is 9.02. The lowest BCUT2D eigenvalue weighted by Crippen LogP contribution is -2.29. The number of hydrogen-bond donors (Lipinski definition) is 1. The van der Waals surface area contributed by atoms with Crippen LogP contribution in [0.1, 0.15) is 35.2 Å². The lowest BCUT2D eigenvalue weighted by molar-refractivity contribution is -0.115. The maximum absolute atomic E-state index is 12.8. The molecule has 1 aliphatic heterocycles. The Balaban J connectivity index is 1.63. The Labute approximate surface area is 159 Å². The summed E-state index contributed by atoms with van der Waals surface area (Å²) < 4.78 is 0. The molecule has 26 heavy (non-hydrogen) atoms. The smallest absolute Gasteiger partial charge is 0.255 e. The van der Waals surface area contributed by atoms with Gasteiger partial charge in [0.05, 0.1) is 11.3 Å². The molecular weight excluding hydrogens is 344 g/mol. The Hall–Kier alpha value is -2.27. The van der Waals surface area contributed by atoms with Gasteiger partial charge in [-0.15, -0.1) is 11.8 Å². The second kappa shape index (κ2) is 8.90. The number of anilines is 1. The number of hydrogen-bond acceptors (Lipinski definition) is 3. The largest absolute Gasteiger partial charge is 0.339 e. The molecule has 136 valence electrons. The van der Waals surface area contributed by atoms with Crippen molar-refractivity contribution in [1.29, 1.82) is 0 Å². The predicted molar refractivity (Wildman–Crippen MR) is 107 cm³/mol. The van der Waals surface area contributed by atoms with Gasteiger partial charge in [-0.1, -0.05) is 30.3 Å². The van der Waals surface area contributed by atoms with E-state index in [0.29, 0.717) is 23.4 Å². The van der Waals surface area contributed by atoms with Crippen LogP contribution in [-0.2, 0) is 4.79 Å². The van der Waals surface area contributed by atoms with Crippen molar-refractivity contribution in [2.45, 2.75) is 31.1 Å². The number of likely N-dealkylation sites (tertiary alicyclic amines) is 1. The number of thioether (sulfide) groups is 1. The quantitative estimate of drug-likeness (QED) is 0.771. The first-order chi connectivity index (χ1) is 12.6. The van der Waals surface area contributed by atoms with Gasteiger partial charge in [0.25, 0.3) is 5.91 Å². The van der Waals surface area contributed by atoms with Gasteiger partial charge < -0.3 is 10.2 Å². The summed E-state index contributed by atoms with van der Waals surface area (Å²) in [6.45, 7) is 3.52. The van der Waals surface area contributed by atoms with Crippen LogP contribution in [-0.4, -0.2) is 35.6 Å². The molecule has 1 aliphatic rings. The lowest BCUT2D eigenvalue weighted by atomic mass is 10.1. The maximum atomic E-state index is 12.8. The number of carbonyl (C=O) groups is 2. The number of nitrogens with zero attached hydrogens (tertiary/aromatic N) is 1. The third-order valence-electron chi connectivity index (χ3n) is 4.50. The Bertz CT molecular complexity index is 771. The molecule has 3 rings (SSSR count). The topological polar surface area (TPSA) is 49.4 Å². The van der Waals surface area contributed by atoms with E-state index >= 15 is 0 Å². The highest BCUT2D eigenvalue weighted by molar-refractivity contribution is 7.99. The van der Waals surface area contributed by atoms with Crippen LogP contribution in [0.2, 0.25) is 0 Å². The molecule has 5 heteroatoms. The van der Waals surface area contributed by atoms with Gasteiger partial charge >= 0.3 is 0 Å². The van der Waals surface area contributed by atoms with Gasteiger partial charge in [0.1, 0.15) is 0 Å². The molecule has 0 saturated carbocycles. The molecule has 0 atom stereocenters. The molecule has 1 heterocycles. The molecule has 0 radical (unpaired) electrons. The van der Waals surface area contributed by atoms with Gasteiger partial charge in [0.2, 0.25) is 5.91 Å². The fourth-order valence-electron chi connectivity index (χ4n) is 3.08. The monoisotopic (exact) mass is 368 g/mol. The molecule has 1 fully saturated rings. The molecule has 0 aromatic heterocycles. The van der Waals surface area contributed by atoms with Gasteiger partial charge in [0, 0.05) is 30.2 Å². The molecule has 0 aliphatic carbocycles. The first-order valence-corrected chi connectivity index (χ1v) is 10.0. The molecule has 0 bridgehead atoms. The highest BCUT2D eigenvalue weighted by Gasteiger charge is 2.23. The molecule has 2 aromatic rings. The van der Waals surface area contributed by atoms with E-state index in [9.17, 15) is 9.59 Å². The standard InChI is InChI=1S/C21H24N2O2S/c1-16-8-7-11-18(21(25)23-13-5-6-14-23)20(16)22-19(24)12-15-26-17-9-3-2-4-10-17/h2-4,7-11H,5-6,12-15H2,1H3,(H,22,24). The SMILES string of the molecule is Cc1cccc(C(=O)N2CCCC2)c1NC(=O)CCSc1ccccc1. The number of amides is 2. The van der Waals surface area contributed by atoms with Gasteiger partial charge in [-0.3, -0.25) is 9.59 Å². The van der Waals surface area contributed by atoms with E-state index in [4.69, 9.17) is 0 Å². The Morgan fingerprint density at radius 2 is 1.77 bits per heavy atom. The fourth-order valence-corrected chi connectivity index (χ4v) is 3.96. The van der Waals surface area contributed by atoms with E-state index in [0.717, 1.165) is 36.4 Å². The molecule has 1 N–H and O–H groups in total. The number of para-hydroxylation sites is 1. The van der Waals surface area contributed by atoms with Crippen LogP contribution in [0.15, 0.2) is 53.4 Å². The zero-order valence-electron chi connectivity index (χ0n) is 15.0. The van der Waals surface area contributed by atoms with Gasteiger partial charge in [0.15, 0.2) is 0 Å². The highest BCUT2D eigenvalue weighted by Crippen LogP contribution is 2.25. The molecule has 2 aromatic carbocycles. The molecule has 4 nitrogen and oxygen atoms in total. The predicted octanol–water partition coefficient (Wildman–Crippen LogP) is 4.35. The van der Waals surface area contributed by atoms with E-state index in [-0.39, 0.29) is 11.8 Å². The Kier molecular flexibility index (Phi) is 6.34. The van der Waals surface area contributed by atoms with Crippen LogP contribution in [0, 0.1) is 6.92 Å². The van der Waals surface area contributed by atoms with E-state index in [1.54, 1.807) is 11.8 Å². The minimum absolute atomic E-state index is 0.0140. The fraction of sp³-hybridized carbons (Fsp3) is 0.333. The number of benzene rings is 2. The minimum atomic E-state index is -0.0572. The van der Waals surface area contributed by atoms with Gasteiger partial charge in [-0.05, 0) is 43.5 Å². The maximum Gasteiger partial charge on any atom is 0.255 e. The number of aryl methyl sites for hydroxylation is 1. The van der Waals surface area contributed by atoms with Crippen molar-refractivity contribution in [3.05, 3.63) is 59.7 Å². The van der Waals surface area contributed by atoms with Crippen molar-refractivity contribution < 1.29 is 9.59 Å². The third kappa shape index (κ3) is 4.67. The van der Waals surface area contributed by atoms with E-state index in [1.165, 1.54) is 0 Å². The first kappa shape index (κ1) is 18.5. The number of carbonyl (C=O) groups excluding carboxylic acids is 2. The second-order valence-electron chi connectivity index (χ2n) is 6.46. The van der Waals surface area contributed by atoms with Crippen LogP contribution in [0.4, 0.5) is 5.69 Å². The Morgan fingerprint density at radius 3 is 2.50 bits per heavy atom. The van der Waals surface area contributed by atoms with Crippen molar-refractivity contribution in [2.75, 3.05) is 24.2 Å². The zero-order valence-corrected chi connectivity index (χ0v) is 15.8. The summed E-state index contributed by atoms with van der Waals surface area (Å²) in [5.41, 5.74) is 2.16. The minimum Gasteiger partial charge on any atom is -0.339 e. The summed E-state index contributed by atoms with van der Waals surface area (Å²) in [5, 5.41) is 2.97. The number of rotatable bonds is 6. The van der Waals surface area contributed by atoms with Crippen LogP contribution in [0.3, 0.4) is 0 Å².